The van der Waals surface area contributed by atoms with Crippen molar-refractivity contribution in [2.45, 2.75) is 0 Å². The Morgan fingerprint density at radius 2 is 1.93 bits per heavy atom. The zero-order valence-corrected chi connectivity index (χ0v) is 18.3. The first-order valence-corrected chi connectivity index (χ1v) is 9.97. The van der Waals surface area contributed by atoms with Crippen molar-refractivity contribution in [3.63, 3.8) is 0 Å². The Kier molecular flexibility index (Phi) is 6.46. The molecule has 3 rings (SSSR count). The average Bonchev–Trinajstić information content (AvgIpc) is 3.16. The molecule has 1 amide bonds. The number of nitrogens with one attached hydrogen (secondary N) is 1. The summed E-state index contributed by atoms with van der Waals surface area (Å²) in [6.07, 6.45) is 1.34. The normalized spacial score (nSPS) is 11.0. The number of furan rings is 1. The Morgan fingerprint density at radius 1 is 1.21 bits per heavy atom. The maximum Gasteiger partial charge on any atom is 0.270 e. The van der Waals surface area contributed by atoms with Crippen LogP contribution in [0.4, 0.5) is 11.4 Å². The molecular weight excluding hydrogens is 553 g/mol. The zero-order valence-electron chi connectivity index (χ0n) is 14.6. The van der Waals surface area contributed by atoms with Gasteiger partial charge in [-0.15, -0.1) is 0 Å². The van der Waals surface area contributed by atoms with Crippen molar-refractivity contribution in [1.29, 1.82) is 5.26 Å². The van der Waals surface area contributed by atoms with Crippen molar-refractivity contribution in [2.24, 2.45) is 0 Å². The van der Waals surface area contributed by atoms with Gasteiger partial charge in [-0.25, -0.2) is 0 Å². The summed E-state index contributed by atoms with van der Waals surface area (Å²) in [6.45, 7) is 0. The minimum absolute atomic E-state index is 0.0497. The molecule has 3 aromatic rings. The summed E-state index contributed by atoms with van der Waals surface area (Å²) in [7, 11) is 0. The van der Waals surface area contributed by atoms with E-state index in [-0.39, 0.29) is 11.3 Å². The Labute approximate surface area is 187 Å². The summed E-state index contributed by atoms with van der Waals surface area (Å²) in [6, 6.07) is 16.6. The minimum atomic E-state index is -0.553. The van der Waals surface area contributed by atoms with Crippen LogP contribution >= 0.6 is 38.5 Å². The Bertz CT molecular complexity index is 1160. The lowest BCUT2D eigenvalue weighted by Crippen LogP contribution is -2.13. The van der Waals surface area contributed by atoms with E-state index in [1.54, 1.807) is 30.3 Å². The fourth-order valence-corrected chi connectivity index (χ4v) is 3.34. The van der Waals surface area contributed by atoms with E-state index in [0.717, 1.165) is 3.57 Å². The number of hydrogen-bond donors (Lipinski definition) is 1. The number of nitro benzene ring substituents is 1. The number of carbonyl (C=O) groups is 1. The second-order valence-corrected chi connectivity index (χ2v) is 7.85. The van der Waals surface area contributed by atoms with Gasteiger partial charge in [0.05, 0.1) is 4.92 Å². The maximum absolute atomic E-state index is 12.3. The van der Waals surface area contributed by atoms with Gasteiger partial charge in [0.15, 0.2) is 0 Å². The number of benzene rings is 2. The second kappa shape index (κ2) is 9.02. The monoisotopic (exact) mass is 563 g/mol. The molecule has 1 aromatic heterocycles. The van der Waals surface area contributed by atoms with Crippen LogP contribution in [0, 0.1) is 25.0 Å². The molecule has 0 aliphatic rings. The third-order valence-electron chi connectivity index (χ3n) is 3.81. The molecule has 0 unspecified atom stereocenters. The van der Waals surface area contributed by atoms with Gasteiger partial charge in [-0.1, -0.05) is 0 Å². The molecule has 1 heterocycles. The third kappa shape index (κ3) is 5.10. The van der Waals surface area contributed by atoms with Crippen LogP contribution in [0.15, 0.2) is 69.1 Å². The van der Waals surface area contributed by atoms with Crippen molar-refractivity contribution in [1.82, 2.24) is 0 Å². The highest BCUT2D eigenvalue weighted by Gasteiger charge is 2.14. The number of anilines is 1. The van der Waals surface area contributed by atoms with Crippen molar-refractivity contribution in [3.05, 3.63) is 84.1 Å². The first-order valence-electron chi connectivity index (χ1n) is 8.10. The zero-order chi connectivity index (χ0) is 21.0. The number of nitriles is 1. The van der Waals surface area contributed by atoms with E-state index in [4.69, 9.17) is 4.42 Å². The summed E-state index contributed by atoms with van der Waals surface area (Å²) in [4.78, 5) is 22.7. The molecule has 0 spiro atoms. The SMILES string of the molecule is N#C/C(=C/c1ccc(-c2ccc([N+](=O)[O-])cc2Br)o1)C(=O)Nc1ccc(I)cc1. The summed E-state index contributed by atoms with van der Waals surface area (Å²) in [5, 5.41) is 22.9. The lowest BCUT2D eigenvalue weighted by atomic mass is 10.1. The smallest absolute Gasteiger partial charge is 0.270 e. The number of non-ortho nitro benzene ring substituents is 1. The Morgan fingerprint density at radius 3 is 2.55 bits per heavy atom. The predicted octanol–water partition coefficient (Wildman–Crippen LogP) is 5.77. The molecule has 0 atom stereocenters. The number of amides is 1. The Balaban J connectivity index is 1.82. The fraction of sp³-hybridized carbons (Fsp3) is 0. The van der Waals surface area contributed by atoms with Crippen molar-refractivity contribution in [2.75, 3.05) is 5.32 Å². The van der Waals surface area contributed by atoms with E-state index in [1.165, 1.54) is 18.2 Å². The van der Waals surface area contributed by atoms with Crippen LogP contribution in [0.5, 0.6) is 0 Å². The summed E-state index contributed by atoms with van der Waals surface area (Å²) in [5.74, 6) is 0.191. The van der Waals surface area contributed by atoms with Gasteiger partial charge in [0.1, 0.15) is 23.2 Å². The van der Waals surface area contributed by atoms with E-state index in [1.807, 2.05) is 18.2 Å². The maximum atomic E-state index is 12.3. The second-order valence-electron chi connectivity index (χ2n) is 5.75. The van der Waals surface area contributed by atoms with Gasteiger partial charge in [-0.2, -0.15) is 5.26 Å². The number of halogens is 2. The van der Waals surface area contributed by atoms with E-state index < -0.39 is 10.8 Å². The predicted molar refractivity (Wildman–Crippen MR) is 120 cm³/mol. The van der Waals surface area contributed by atoms with Crippen molar-refractivity contribution < 1.29 is 14.1 Å². The first-order chi connectivity index (χ1) is 13.9. The van der Waals surface area contributed by atoms with Crippen molar-refractivity contribution >= 4 is 61.9 Å². The van der Waals surface area contributed by atoms with Crippen molar-refractivity contribution in [3.8, 4) is 17.4 Å². The van der Waals surface area contributed by atoms with Crippen LogP contribution in [-0.2, 0) is 4.79 Å². The highest BCUT2D eigenvalue weighted by atomic mass is 127. The van der Waals surface area contributed by atoms with E-state index in [2.05, 4.69) is 43.8 Å². The molecule has 0 bridgehead atoms. The van der Waals surface area contributed by atoms with Gasteiger partial charge in [0.2, 0.25) is 0 Å². The van der Waals surface area contributed by atoms with Gasteiger partial charge >= 0.3 is 0 Å². The van der Waals surface area contributed by atoms with Gasteiger partial charge in [-0.05, 0) is 81.0 Å². The number of carbonyl (C=O) groups excluding carboxylic acids is 1. The Hall–Kier alpha value is -2.97. The van der Waals surface area contributed by atoms with Crippen LogP contribution in [0.1, 0.15) is 5.76 Å². The van der Waals surface area contributed by atoms with E-state index in [9.17, 15) is 20.2 Å². The number of rotatable bonds is 5. The lowest BCUT2D eigenvalue weighted by Gasteiger charge is -2.04. The van der Waals surface area contributed by atoms with Gasteiger partial charge in [0.25, 0.3) is 11.6 Å². The summed E-state index contributed by atoms with van der Waals surface area (Å²) in [5.41, 5.74) is 1.02. The quantitative estimate of drug-likeness (QED) is 0.139. The van der Waals surface area contributed by atoms with Gasteiger partial charge < -0.3 is 9.73 Å². The molecule has 0 saturated carbocycles. The molecule has 0 aliphatic carbocycles. The van der Waals surface area contributed by atoms with Crippen LogP contribution in [0.2, 0.25) is 0 Å². The molecular formula is C20H11BrIN3O4. The highest BCUT2D eigenvalue weighted by Crippen LogP contribution is 2.33. The molecule has 144 valence electrons. The minimum Gasteiger partial charge on any atom is -0.457 e. The fourth-order valence-electron chi connectivity index (χ4n) is 2.42. The molecule has 9 heteroatoms. The lowest BCUT2D eigenvalue weighted by molar-refractivity contribution is -0.384. The standard InChI is InChI=1S/C20H11BrIN3O4/c21-18-10-15(25(27)28)5-7-17(18)19-8-6-16(29-19)9-12(11-23)20(26)24-14-3-1-13(22)2-4-14/h1-10H,(H,24,26)/b12-9-. The van der Waals surface area contributed by atoms with E-state index >= 15 is 0 Å². The first kappa shape index (κ1) is 20.8. The van der Waals surface area contributed by atoms with E-state index in [0.29, 0.717) is 27.2 Å². The topological polar surface area (TPSA) is 109 Å². The molecule has 29 heavy (non-hydrogen) atoms. The van der Waals surface area contributed by atoms with Gasteiger partial charge in [-0.3, -0.25) is 14.9 Å². The van der Waals surface area contributed by atoms with Crippen LogP contribution in [0.3, 0.4) is 0 Å². The highest BCUT2D eigenvalue weighted by molar-refractivity contribution is 14.1. The largest absolute Gasteiger partial charge is 0.457 e. The van der Waals surface area contributed by atoms with Crippen LogP contribution < -0.4 is 5.32 Å². The molecule has 7 nitrogen and oxygen atoms in total. The molecule has 0 fully saturated rings. The average molecular weight is 564 g/mol. The molecule has 0 radical (unpaired) electrons. The molecule has 0 aliphatic heterocycles. The number of hydrogen-bond acceptors (Lipinski definition) is 5. The molecule has 1 N–H and O–H groups in total. The summed E-state index contributed by atoms with van der Waals surface area (Å²) < 4.78 is 7.21. The third-order valence-corrected chi connectivity index (χ3v) is 5.18. The number of nitro groups is 1. The van der Waals surface area contributed by atoms with Crippen LogP contribution in [0.25, 0.3) is 17.4 Å². The molecule has 2 aromatic carbocycles. The van der Waals surface area contributed by atoms with Crippen LogP contribution in [-0.4, -0.2) is 10.8 Å². The van der Waals surface area contributed by atoms with Gasteiger partial charge in [0, 0.05) is 37.5 Å². The summed E-state index contributed by atoms with van der Waals surface area (Å²) >= 11 is 5.45. The number of nitrogens with zero attached hydrogens (tertiary/aromatic N) is 2. The molecule has 0 saturated heterocycles.